The van der Waals surface area contributed by atoms with E-state index in [0.717, 1.165) is 10.9 Å². The molecule has 84 valence electrons. The molecule has 0 fully saturated rings. The molecule has 2 aromatic rings. The first-order valence-electron chi connectivity index (χ1n) is 5.00. The molecular weight excluding hydrogens is 226 g/mol. The molecule has 0 amide bonds. The summed E-state index contributed by atoms with van der Waals surface area (Å²) in [6.45, 7) is 2.90. The summed E-state index contributed by atoms with van der Waals surface area (Å²) in [7, 11) is 0. The molecule has 16 heavy (non-hydrogen) atoms. The zero-order valence-corrected chi connectivity index (χ0v) is 9.66. The van der Waals surface area contributed by atoms with Crippen LogP contribution >= 0.6 is 11.6 Å². The van der Waals surface area contributed by atoms with E-state index in [1.807, 2.05) is 13.0 Å². The van der Waals surface area contributed by atoms with Crippen molar-refractivity contribution >= 4 is 28.3 Å². The van der Waals surface area contributed by atoms with Gasteiger partial charge >= 0.3 is 0 Å². The maximum Gasteiger partial charge on any atom is 0.157 e. The zero-order valence-electron chi connectivity index (χ0n) is 8.90. The van der Waals surface area contributed by atoms with Crippen LogP contribution in [0.5, 0.6) is 0 Å². The van der Waals surface area contributed by atoms with Crippen LogP contribution in [0.15, 0.2) is 18.2 Å². The van der Waals surface area contributed by atoms with Crippen molar-refractivity contribution in [1.29, 1.82) is 0 Å². The number of nitrogen functional groups attached to an aromatic ring is 1. The molecule has 0 bridgehead atoms. The summed E-state index contributed by atoms with van der Waals surface area (Å²) in [5.74, 6) is 1.03. The van der Waals surface area contributed by atoms with Crippen LogP contribution in [-0.2, 0) is 11.3 Å². The summed E-state index contributed by atoms with van der Waals surface area (Å²) >= 11 is 5.90. The number of nitrogens with zero attached hydrogens (tertiary/aromatic N) is 2. The highest BCUT2D eigenvalue weighted by Crippen LogP contribution is 2.21. The normalized spacial score (nSPS) is 10.9. The van der Waals surface area contributed by atoms with Crippen LogP contribution in [0.4, 0.5) is 5.82 Å². The van der Waals surface area contributed by atoms with Gasteiger partial charge < -0.3 is 10.5 Å². The first-order valence-corrected chi connectivity index (χ1v) is 5.38. The third-order valence-corrected chi connectivity index (χ3v) is 2.41. The molecule has 0 aliphatic carbocycles. The minimum absolute atomic E-state index is 0.364. The smallest absolute Gasteiger partial charge is 0.157 e. The summed E-state index contributed by atoms with van der Waals surface area (Å²) in [5.41, 5.74) is 6.57. The Morgan fingerprint density at radius 1 is 1.38 bits per heavy atom. The topological polar surface area (TPSA) is 61.0 Å². The molecule has 5 heteroatoms. The van der Waals surface area contributed by atoms with Crippen molar-refractivity contribution in [2.45, 2.75) is 13.5 Å². The van der Waals surface area contributed by atoms with Crippen molar-refractivity contribution in [3.63, 3.8) is 0 Å². The molecule has 1 aromatic carbocycles. The predicted molar refractivity (Wildman–Crippen MR) is 64.3 cm³/mol. The molecule has 4 nitrogen and oxygen atoms in total. The first-order chi connectivity index (χ1) is 7.70. The molecular formula is C11H12ClN3O. The van der Waals surface area contributed by atoms with Crippen molar-refractivity contribution in [3.8, 4) is 0 Å². The van der Waals surface area contributed by atoms with E-state index >= 15 is 0 Å². The van der Waals surface area contributed by atoms with Gasteiger partial charge in [0.2, 0.25) is 0 Å². The Balaban J connectivity index is 2.47. The number of benzene rings is 1. The van der Waals surface area contributed by atoms with Crippen LogP contribution in [0.3, 0.4) is 0 Å². The van der Waals surface area contributed by atoms with Crippen molar-refractivity contribution in [2.75, 3.05) is 12.3 Å². The Morgan fingerprint density at radius 3 is 2.94 bits per heavy atom. The van der Waals surface area contributed by atoms with E-state index in [2.05, 4.69) is 9.97 Å². The highest BCUT2D eigenvalue weighted by molar-refractivity contribution is 6.31. The van der Waals surface area contributed by atoms with Crippen LogP contribution < -0.4 is 5.73 Å². The van der Waals surface area contributed by atoms with Crippen LogP contribution in [0.25, 0.3) is 10.9 Å². The summed E-state index contributed by atoms with van der Waals surface area (Å²) < 4.78 is 5.24. The molecule has 0 radical (unpaired) electrons. The molecule has 0 saturated carbocycles. The van der Waals surface area contributed by atoms with Gasteiger partial charge in [0.05, 0.1) is 5.52 Å². The lowest BCUT2D eigenvalue weighted by molar-refractivity contribution is 0.128. The number of rotatable bonds is 3. The molecule has 2 rings (SSSR count). The largest absolute Gasteiger partial charge is 0.383 e. The number of nitrogens with two attached hydrogens (primary N) is 1. The summed E-state index contributed by atoms with van der Waals surface area (Å²) in [4.78, 5) is 8.50. The monoisotopic (exact) mass is 237 g/mol. The lowest BCUT2D eigenvalue weighted by Gasteiger charge is -2.05. The zero-order chi connectivity index (χ0) is 11.5. The van der Waals surface area contributed by atoms with E-state index in [0.29, 0.717) is 29.9 Å². The van der Waals surface area contributed by atoms with Crippen LogP contribution in [0.1, 0.15) is 12.7 Å². The van der Waals surface area contributed by atoms with Gasteiger partial charge in [-0.3, -0.25) is 0 Å². The molecule has 2 N–H and O–H groups in total. The summed E-state index contributed by atoms with van der Waals surface area (Å²) in [6, 6.07) is 5.35. The van der Waals surface area contributed by atoms with E-state index in [1.54, 1.807) is 12.1 Å². The van der Waals surface area contributed by atoms with Crippen molar-refractivity contribution in [1.82, 2.24) is 9.97 Å². The van der Waals surface area contributed by atoms with E-state index < -0.39 is 0 Å². The second-order valence-corrected chi connectivity index (χ2v) is 3.76. The van der Waals surface area contributed by atoms with Crippen molar-refractivity contribution in [3.05, 3.63) is 29.0 Å². The maximum atomic E-state index is 5.90. The number of anilines is 1. The minimum Gasteiger partial charge on any atom is -0.383 e. The fraction of sp³-hybridized carbons (Fsp3) is 0.273. The highest BCUT2D eigenvalue weighted by atomic mass is 35.5. The van der Waals surface area contributed by atoms with Gasteiger partial charge in [-0.2, -0.15) is 0 Å². The van der Waals surface area contributed by atoms with Crippen molar-refractivity contribution < 1.29 is 4.74 Å². The third-order valence-electron chi connectivity index (χ3n) is 2.17. The molecule has 1 heterocycles. The standard InChI is InChI=1S/C11H12ClN3O/c1-2-16-6-10-14-9-5-7(12)3-4-8(9)11(13)15-10/h3-5H,2,6H2,1H3,(H2,13,14,15). The Labute approximate surface area is 98.4 Å². The molecule has 0 spiro atoms. The number of ether oxygens (including phenoxy) is 1. The van der Waals surface area contributed by atoms with Gasteiger partial charge in [-0.05, 0) is 25.1 Å². The minimum atomic E-state index is 0.364. The van der Waals surface area contributed by atoms with Gasteiger partial charge in [0.25, 0.3) is 0 Å². The lowest BCUT2D eigenvalue weighted by Crippen LogP contribution is -2.03. The number of aromatic nitrogens is 2. The summed E-state index contributed by atoms with van der Waals surface area (Å²) in [5, 5.41) is 1.44. The van der Waals surface area contributed by atoms with Gasteiger partial charge in [0.1, 0.15) is 12.4 Å². The average molecular weight is 238 g/mol. The van der Waals surface area contributed by atoms with Crippen LogP contribution in [-0.4, -0.2) is 16.6 Å². The van der Waals surface area contributed by atoms with E-state index in [9.17, 15) is 0 Å². The Bertz CT molecular complexity index is 516. The number of fused-ring (bicyclic) bond motifs is 1. The van der Waals surface area contributed by atoms with Crippen LogP contribution in [0, 0.1) is 0 Å². The molecule has 0 atom stereocenters. The second kappa shape index (κ2) is 4.63. The Kier molecular flexibility index (Phi) is 3.22. The van der Waals surface area contributed by atoms with E-state index in [4.69, 9.17) is 22.1 Å². The fourth-order valence-electron chi connectivity index (χ4n) is 1.44. The SMILES string of the molecule is CCOCc1nc(N)c2ccc(Cl)cc2n1. The van der Waals surface area contributed by atoms with E-state index in [1.165, 1.54) is 0 Å². The second-order valence-electron chi connectivity index (χ2n) is 3.32. The molecule has 0 unspecified atom stereocenters. The Hall–Kier alpha value is -1.39. The van der Waals surface area contributed by atoms with Gasteiger partial charge in [0.15, 0.2) is 5.82 Å². The van der Waals surface area contributed by atoms with Crippen molar-refractivity contribution in [2.24, 2.45) is 0 Å². The fourth-order valence-corrected chi connectivity index (χ4v) is 1.60. The molecule has 0 aliphatic heterocycles. The number of hydrogen-bond donors (Lipinski definition) is 1. The number of hydrogen-bond acceptors (Lipinski definition) is 4. The Morgan fingerprint density at radius 2 is 2.19 bits per heavy atom. The summed E-state index contributed by atoms with van der Waals surface area (Å²) in [6.07, 6.45) is 0. The predicted octanol–water partition coefficient (Wildman–Crippen LogP) is 2.40. The van der Waals surface area contributed by atoms with Gasteiger partial charge in [-0.25, -0.2) is 9.97 Å². The number of halogens is 1. The quantitative estimate of drug-likeness (QED) is 0.891. The third kappa shape index (κ3) is 2.23. The first kappa shape index (κ1) is 11.1. The van der Waals surface area contributed by atoms with Gasteiger partial charge in [-0.15, -0.1) is 0 Å². The highest BCUT2D eigenvalue weighted by Gasteiger charge is 2.05. The maximum absolute atomic E-state index is 5.90. The molecule has 1 aromatic heterocycles. The average Bonchev–Trinajstić information content (AvgIpc) is 2.25. The van der Waals surface area contributed by atoms with Gasteiger partial charge in [-0.1, -0.05) is 11.6 Å². The van der Waals surface area contributed by atoms with Crippen LogP contribution in [0.2, 0.25) is 5.02 Å². The lowest BCUT2D eigenvalue weighted by atomic mass is 10.2. The molecule has 0 aliphatic rings. The molecule has 0 saturated heterocycles. The van der Waals surface area contributed by atoms with E-state index in [-0.39, 0.29) is 0 Å². The van der Waals surface area contributed by atoms with Gasteiger partial charge in [0, 0.05) is 17.0 Å².